The van der Waals surface area contributed by atoms with Crippen molar-refractivity contribution in [3.05, 3.63) is 58.8 Å². The van der Waals surface area contributed by atoms with Gasteiger partial charge in [-0.1, -0.05) is 12.1 Å². The third-order valence-corrected chi connectivity index (χ3v) is 6.25. The van der Waals surface area contributed by atoms with Crippen LogP contribution in [0.1, 0.15) is 16.8 Å². The summed E-state index contributed by atoms with van der Waals surface area (Å²) in [5.74, 6) is -0.328. The number of aromatic nitrogens is 2. The Labute approximate surface area is 166 Å². The van der Waals surface area contributed by atoms with Crippen LogP contribution in [0.25, 0.3) is 11.0 Å². The lowest BCUT2D eigenvalue weighted by Gasteiger charge is -2.10. The molecule has 7 nitrogen and oxygen atoms in total. The molecule has 0 aliphatic rings. The predicted octanol–water partition coefficient (Wildman–Crippen LogP) is 2.53. The molecule has 27 heavy (non-hydrogen) atoms. The van der Waals surface area contributed by atoms with Crippen molar-refractivity contribution in [3.8, 4) is 0 Å². The number of aryl methyl sites for hydroxylation is 1. The fourth-order valence-electron chi connectivity index (χ4n) is 2.70. The number of hydrogen-bond donors (Lipinski definition) is 2. The van der Waals surface area contributed by atoms with E-state index in [1.807, 2.05) is 28.8 Å². The summed E-state index contributed by atoms with van der Waals surface area (Å²) in [6.45, 7) is 1.18. The minimum absolute atomic E-state index is 0.0447. The van der Waals surface area contributed by atoms with Crippen LogP contribution in [0, 0.1) is 0 Å². The van der Waals surface area contributed by atoms with Gasteiger partial charge in [-0.3, -0.25) is 4.79 Å². The third-order valence-electron chi connectivity index (χ3n) is 4.15. The summed E-state index contributed by atoms with van der Waals surface area (Å²) in [6.07, 6.45) is 2.51. The molecule has 0 unspecified atom stereocenters. The van der Waals surface area contributed by atoms with Gasteiger partial charge in [0.15, 0.2) is 0 Å². The van der Waals surface area contributed by atoms with Gasteiger partial charge in [-0.15, -0.1) is 0 Å². The van der Waals surface area contributed by atoms with Gasteiger partial charge in [-0.25, -0.2) is 18.1 Å². The first-order valence-corrected chi connectivity index (χ1v) is 10.6. The van der Waals surface area contributed by atoms with E-state index in [4.69, 9.17) is 0 Å². The second kappa shape index (κ2) is 8.20. The van der Waals surface area contributed by atoms with E-state index in [1.54, 1.807) is 12.4 Å². The summed E-state index contributed by atoms with van der Waals surface area (Å²) in [5, 5.41) is 2.83. The zero-order chi connectivity index (χ0) is 19.4. The fraction of sp³-hybridized carbons (Fsp3) is 0.222. The van der Waals surface area contributed by atoms with Gasteiger partial charge in [-0.2, -0.15) is 0 Å². The number of sulfonamides is 1. The van der Waals surface area contributed by atoms with E-state index in [9.17, 15) is 13.2 Å². The van der Waals surface area contributed by atoms with Crippen molar-refractivity contribution in [3.63, 3.8) is 0 Å². The van der Waals surface area contributed by atoms with Gasteiger partial charge < -0.3 is 9.88 Å². The van der Waals surface area contributed by atoms with E-state index < -0.39 is 10.0 Å². The highest BCUT2D eigenvalue weighted by atomic mass is 79.9. The first kappa shape index (κ1) is 19.5. The Morgan fingerprint density at radius 2 is 2.00 bits per heavy atom. The standard InChI is InChI=1S/C18H19BrN4O3S/c1-20-27(25,26)13-7-8-15(19)14(11-13)18(24)21-9-4-10-23-12-22-16-5-2-3-6-17(16)23/h2-3,5-8,11-12,20H,4,9-10H2,1H3,(H,21,24). The largest absolute Gasteiger partial charge is 0.352 e. The molecule has 0 fully saturated rings. The van der Waals surface area contributed by atoms with E-state index in [0.29, 0.717) is 11.0 Å². The van der Waals surface area contributed by atoms with Crippen LogP contribution in [-0.2, 0) is 16.6 Å². The quantitative estimate of drug-likeness (QED) is 0.540. The number of halogens is 1. The average molecular weight is 451 g/mol. The highest BCUT2D eigenvalue weighted by molar-refractivity contribution is 9.10. The van der Waals surface area contributed by atoms with Crippen LogP contribution >= 0.6 is 15.9 Å². The topological polar surface area (TPSA) is 93.1 Å². The summed E-state index contributed by atoms with van der Waals surface area (Å²) in [6, 6.07) is 12.2. The van der Waals surface area contributed by atoms with Crippen molar-refractivity contribution in [2.75, 3.05) is 13.6 Å². The van der Waals surface area contributed by atoms with Crippen molar-refractivity contribution in [1.82, 2.24) is 19.6 Å². The molecular formula is C18H19BrN4O3S. The molecule has 2 aromatic carbocycles. The van der Waals surface area contributed by atoms with E-state index in [0.717, 1.165) is 24.0 Å². The van der Waals surface area contributed by atoms with Crippen LogP contribution in [0.4, 0.5) is 0 Å². The fourth-order valence-corrected chi connectivity index (χ4v) is 3.88. The number of rotatable bonds is 7. The van der Waals surface area contributed by atoms with Crippen LogP contribution in [0.2, 0.25) is 0 Å². The molecule has 9 heteroatoms. The van der Waals surface area contributed by atoms with Gasteiger partial charge in [0.25, 0.3) is 5.91 Å². The number of nitrogens with zero attached hydrogens (tertiary/aromatic N) is 2. The zero-order valence-electron chi connectivity index (χ0n) is 14.6. The highest BCUT2D eigenvalue weighted by Crippen LogP contribution is 2.21. The molecule has 1 amide bonds. The van der Waals surface area contributed by atoms with Crippen molar-refractivity contribution in [2.24, 2.45) is 0 Å². The summed E-state index contributed by atoms with van der Waals surface area (Å²) >= 11 is 3.30. The number of benzene rings is 2. The molecular weight excluding hydrogens is 432 g/mol. The molecule has 0 radical (unpaired) electrons. The van der Waals surface area contributed by atoms with Gasteiger partial charge in [0.05, 0.1) is 27.8 Å². The van der Waals surface area contributed by atoms with Gasteiger partial charge in [-0.05, 0) is 59.7 Å². The van der Waals surface area contributed by atoms with E-state index >= 15 is 0 Å². The van der Waals surface area contributed by atoms with E-state index in [2.05, 4.69) is 31.0 Å². The molecule has 0 saturated heterocycles. The molecule has 0 spiro atoms. The molecule has 142 valence electrons. The monoisotopic (exact) mass is 450 g/mol. The van der Waals surface area contributed by atoms with Crippen molar-refractivity contribution >= 4 is 42.9 Å². The molecule has 3 rings (SSSR count). The van der Waals surface area contributed by atoms with Crippen LogP contribution in [0.3, 0.4) is 0 Å². The molecule has 0 atom stereocenters. The first-order valence-electron chi connectivity index (χ1n) is 8.33. The Morgan fingerprint density at radius 1 is 1.22 bits per heavy atom. The number of carbonyl (C=O) groups is 1. The Bertz CT molecular complexity index is 1080. The maximum atomic E-state index is 12.4. The van der Waals surface area contributed by atoms with E-state index in [-0.39, 0.29) is 16.4 Å². The average Bonchev–Trinajstić information content (AvgIpc) is 3.08. The molecule has 3 aromatic rings. The molecule has 2 N–H and O–H groups in total. The number of hydrogen-bond acceptors (Lipinski definition) is 4. The molecule has 0 bridgehead atoms. The Hall–Kier alpha value is -2.23. The van der Waals surface area contributed by atoms with Crippen molar-refractivity contribution in [1.29, 1.82) is 0 Å². The van der Waals surface area contributed by atoms with Crippen LogP contribution in [0.5, 0.6) is 0 Å². The molecule has 0 aliphatic heterocycles. The smallest absolute Gasteiger partial charge is 0.252 e. The van der Waals surface area contributed by atoms with Gasteiger partial charge in [0, 0.05) is 17.6 Å². The number of imidazole rings is 1. The van der Waals surface area contributed by atoms with Crippen molar-refractivity contribution < 1.29 is 13.2 Å². The number of amides is 1. The second-order valence-electron chi connectivity index (χ2n) is 5.89. The number of carbonyl (C=O) groups excluding carboxylic acids is 1. The molecule has 1 heterocycles. The highest BCUT2D eigenvalue weighted by Gasteiger charge is 2.17. The van der Waals surface area contributed by atoms with Gasteiger partial charge in [0.2, 0.25) is 10.0 Å². The second-order valence-corrected chi connectivity index (χ2v) is 8.63. The summed E-state index contributed by atoms with van der Waals surface area (Å²) in [7, 11) is -2.28. The minimum atomic E-state index is -3.61. The third kappa shape index (κ3) is 4.37. The molecule has 0 aliphatic carbocycles. The predicted molar refractivity (Wildman–Crippen MR) is 107 cm³/mol. The Balaban J connectivity index is 1.62. The lowest BCUT2D eigenvalue weighted by Crippen LogP contribution is -2.26. The lowest BCUT2D eigenvalue weighted by molar-refractivity contribution is 0.0952. The van der Waals surface area contributed by atoms with Crippen LogP contribution in [-0.4, -0.2) is 37.5 Å². The summed E-state index contributed by atoms with van der Waals surface area (Å²) in [5.41, 5.74) is 2.27. The Morgan fingerprint density at radius 3 is 2.78 bits per heavy atom. The maximum Gasteiger partial charge on any atom is 0.252 e. The number of nitrogens with one attached hydrogen (secondary N) is 2. The summed E-state index contributed by atoms with van der Waals surface area (Å²) < 4.78 is 28.7. The SMILES string of the molecule is CNS(=O)(=O)c1ccc(Br)c(C(=O)NCCCn2cnc3ccccc32)c1. The van der Waals surface area contributed by atoms with Gasteiger partial charge in [0.1, 0.15) is 0 Å². The molecule has 1 aromatic heterocycles. The first-order chi connectivity index (χ1) is 12.9. The van der Waals surface area contributed by atoms with E-state index in [1.165, 1.54) is 19.2 Å². The van der Waals surface area contributed by atoms with Crippen LogP contribution < -0.4 is 10.0 Å². The number of fused-ring (bicyclic) bond motifs is 1. The zero-order valence-corrected chi connectivity index (χ0v) is 17.0. The summed E-state index contributed by atoms with van der Waals surface area (Å²) in [4.78, 5) is 16.8. The van der Waals surface area contributed by atoms with Crippen LogP contribution in [0.15, 0.2) is 58.2 Å². The number of para-hydroxylation sites is 2. The van der Waals surface area contributed by atoms with Crippen molar-refractivity contribution in [2.45, 2.75) is 17.9 Å². The Kier molecular flexibility index (Phi) is 5.93. The van der Waals surface area contributed by atoms with Gasteiger partial charge >= 0.3 is 0 Å². The minimum Gasteiger partial charge on any atom is -0.352 e. The lowest BCUT2D eigenvalue weighted by atomic mass is 10.2. The maximum absolute atomic E-state index is 12.4. The molecule has 0 saturated carbocycles. The normalized spacial score (nSPS) is 11.6.